The van der Waals surface area contributed by atoms with Crippen molar-refractivity contribution < 1.29 is 4.79 Å². The van der Waals surface area contributed by atoms with Gasteiger partial charge < -0.3 is 4.90 Å². The van der Waals surface area contributed by atoms with Crippen LogP contribution in [0.3, 0.4) is 0 Å². The lowest BCUT2D eigenvalue weighted by Crippen LogP contribution is -2.47. The average Bonchev–Trinajstić information content (AvgIpc) is 2.67. The molecule has 0 aliphatic carbocycles. The number of carbonyl (C=O) groups excluding carboxylic acids is 1. The largest absolute Gasteiger partial charge is 0.368 e. The molecule has 0 atom stereocenters. The van der Waals surface area contributed by atoms with Crippen LogP contribution in [0.4, 0.5) is 5.69 Å². The number of halogens is 2. The normalized spacial score (nSPS) is 18.6. The Labute approximate surface area is 181 Å². The molecule has 3 rings (SSSR count). The minimum absolute atomic E-state index is 0. The molecule has 0 saturated carbocycles. The van der Waals surface area contributed by atoms with E-state index in [0.717, 1.165) is 56.4 Å². The van der Waals surface area contributed by atoms with Gasteiger partial charge in [-0.1, -0.05) is 12.1 Å². The molecule has 156 valence electrons. The van der Waals surface area contributed by atoms with E-state index in [1.54, 1.807) is 6.92 Å². The Bertz CT molecular complexity index is 648. The lowest BCUT2D eigenvalue weighted by atomic mass is 9.93. The summed E-state index contributed by atoms with van der Waals surface area (Å²) in [5.74, 6) is 1.08. The number of Topliss-reactive ketones (excluding diaryl/α,β-unsaturated/α-hetero) is 1. The molecule has 2 fully saturated rings. The summed E-state index contributed by atoms with van der Waals surface area (Å²) >= 11 is 0. The van der Waals surface area contributed by atoms with Gasteiger partial charge in [0.1, 0.15) is 11.9 Å². The van der Waals surface area contributed by atoms with E-state index in [1.165, 1.54) is 25.8 Å². The highest BCUT2D eigenvalue weighted by molar-refractivity contribution is 5.85. The third-order valence-corrected chi connectivity index (χ3v) is 5.74. The Hall–Kier alpha value is -1.32. The Kier molecular flexibility index (Phi) is 10.8. The van der Waals surface area contributed by atoms with Gasteiger partial charge in [-0.2, -0.15) is 5.26 Å². The van der Waals surface area contributed by atoms with Crippen molar-refractivity contribution >= 4 is 36.3 Å². The van der Waals surface area contributed by atoms with Gasteiger partial charge in [0.2, 0.25) is 0 Å². The van der Waals surface area contributed by atoms with Crippen molar-refractivity contribution in [1.82, 2.24) is 9.80 Å². The molecular weight excluding hydrogens is 395 g/mol. The zero-order valence-electron chi connectivity index (χ0n) is 16.7. The molecule has 0 radical (unpaired) electrons. The van der Waals surface area contributed by atoms with Crippen LogP contribution in [-0.2, 0) is 4.79 Å². The topological polar surface area (TPSA) is 50.6 Å². The van der Waals surface area contributed by atoms with Crippen LogP contribution in [-0.4, -0.2) is 67.9 Å². The summed E-state index contributed by atoms with van der Waals surface area (Å²) in [5, 5.41) is 9.29. The van der Waals surface area contributed by atoms with Gasteiger partial charge in [-0.3, -0.25) is 14.6 Å². The number of piperidine rings is 1. The van der Waals surface area contributed by atoms with Crippen molar-refractivity contribution in [1.29, 1.82) is 5.26 Å². The molecule has 0 spiro atoms. The van der Waals surface area contributed by atoms with Gasteiger partial charge in [0.15, 0.2) is 0 Å². The number of ketones is 1. The summed E-state index contributed by atoms with van der Waals surface area (Å²) in [6, 6.07) is 10.2. The maximum Gasteiger partial charge on any atom is 0.143 e. The summed E-state index contributed by atoms with van der Waals surface area (Å²) in [4.78, 5) is 18.4. The zero-order valence-corrected chi connectivity index (χ0v) is 18.3. The lowest BCUT2D eigenvalue weighted by molar-refractivity contribution is -0.118. The van der Waals surface area contributed by atoms with Gasteiger partial charge in [-0.15, -0.1) is 24.8 Å². The first-order chi connectivity index (χ1) is 12.7. The van der Waals surface area contributed by atoms with Crippen molar-refractivity contribution in [2.24, 2.45) is 5.92 Å². The Balaban J connectivity index is 0.00000196. The van der Waals surface area contributed by atoms with Crippen LogP contribution in [0, 0.1) is 17.2 Å². The zero-order chi connectivity index (χ0) is 18.4. The molecule has 28 heavy (non-hydrogen) atoms. The monoisotopic (exact) mass is 426 g/mol. The molecule has 1 aromatic rings. The molecule has 5 nitrogen and oxygen atoms in total. The summed E-state index contributed by atoms with van der Waals surface area (Å²) < 4.78 is 0. The SMILES string of the molecule is CC(=O)CN1CCC(CCN2CCN(c3ccccc3C#N)CC2)CC1.Cl.Cl. The Morgan fingerprint density at radius 1 is 1.04 bits per heavy atom. The van der Waals surface area contributed by atoms with Crippen LogP contribution in [0.2, 0.25) is 0 Å². The Morgan fingerprint density at radius 3 is 2.29 bits per heavy atom. The molecule has 0 amide bonds. The minimum Gasteiger partial charge on any atom is -0.368 e. The fourth-order valence-electron chi connectivity index (χ4n) is 4.17. The highest BCUT2D eigenvalue weighted by atomic mass is 35.5. The first-order valence-electron chi connectivity index (χ1n) is 9.84. The maximum absolute atomic E-state index is 11.2. The van der Waals surface area contributed by atoms with Crippen molar-refractivity contribution in [3.8, 4) is 6.07 Å². The fourth-order valence-corrected chi connectivity index (χ4v) is 4.17. The molecule has 1 aromatic carbocycles. The number of benzene rings is 1. The molecule has 0 N–H and O–H groups in total. The second-order valence-corrected chi connectivity index (χ2v) is 7.67. The first-order valence-corrected chi connectivity index (χ1v) is 9.84. The van der Waals surface area contributed by atoms with E-state index in [4.69, 9.17) is 0 Å². The predicted molar refractivity (Wildman–Crippen MR) is 119 cm³/mol. The molecule has 0 aromatic heterocycles. The van der Waals surface area contributed by atoms with E-state index in [0.29, 0.717) is 6.54 Å². The van der Waals surface area contributed by atoms with E-state index in [9.17, 15) is 10.1 Å². The molecule has 2 saturated heterocycles. The minimum atomic E-state index is 0. The van der Waals surface area contributed by atoms with E-state index in [1.807, 2.05) is 18.2 Å². The second-order valence-electron chi connectivity index (χ2n) is 7.67. The van der Waals surface area contributed by atoms with Gasteiger partial charge in [0.25, 0.3) is 0 Å². The van der Waals surface area contributed by atoms with Crippen LogP contribution >= 0.6 is 24.8 Å². The van der Waals surface area contributed by atoms with E-state index < -0.39 is 0 Å². The number of hydrogen-bond donors (Lipinski definition) is 0. The predicted octanol–water partition coefficient (Wildman–Crippen LogP) is 3.21. The molecule has 2 aliphatic heterocycles. The summed E-state index contributed by atoms with van der Waals surface area (Å²) in [7, 11) is 0. The molecule has 2 heterocycles. The van der Waals surface area contributed by atoms with Crippen LogP contribution in [0.15, 0.2) is 24.3 Å². The smallest absolute Gasteiger partial charge is 0.143 e. The molecule has 0 bridgehead atoms. The number of carbonyl (C=O) groups is 1. The number of nitrogens with zero attached hydrogens (tertiary/aromatic N) is 4. The Morgan fingerprint density at radius 2 is 1.68 bits per heavy atom. The third kappa shape index (κ3) is 6.93. The molecule has 2 aliphatic rings. The van der Waals surface area contributed by atoms with E-state index >= 15 is 0 Å². The van der Waals surface area contributed by atoms with Gasteiger partial charge in [0.05, 0.1) is 17.8 Å². The van der Waals surface area contributed by atoms with Crippen molar-refractivity contribution in [3.05, 3.63) is 29.8 Å². The second kappa shape index (κ2) is 12.3. The summed E-state index contributed by atoms with van der Waals surface area (Å²) in [6.45, 7) is 9.76. The average molecular weight is 427 g/mol. The van der Waals surface area contributed by atoms with Crippen LogP contribution in [0.5, 0.6) is 0 Å². The van der Waals surface area contributed by atoms with Crippen LogP contribution in [0.25, 0.3) is 0 Å². The molecule has 0 unspecified atom stereocenters. The van der Waals surface area contributed by atoms with Gasteiger partial charge in [-0.25, -0.2) is 0 Å². The van der Waals surface area contributed by atoms with Crippen LogP contribution in [0.1, 0.15) is 31.7 Å². The third-order valence-electron chi connectivity index (χ3n) is 5.74. The van der Waals surface area contributed by atoms with E-state index in [2.05, 4.69) is 26.8 Å². The number of likely N-dealkylation sites (tertiary alicyclic amines) is 1. The number of rotatable bonds is 6. The standard InChI is InChI=1S/C21H30N4O.2ClH/c1-18(26)17-24-10-7-19(8-11-24)6-9-23-12-14-25(15-13-23)21-5-3-2-4-20(21)16-22;;/h2-5,19H,6-15,17H2,1H3;2*1H. The fraction of sp³-hybridized carbons (Fsp3) is 0.619. The first kappa shape index (κ1) is 24.7. The summed E-state index contributed by atoms with van der Waals surface area (Å²) in [5.41, 5.74) is 1.85. The number of nitriles is 1. The van der Waals surface area contributed by atoms with Crippen molar-refractivity contribution in [2.45, 2.75) is 26.2 Å². The highest BCUT2D eigenvalue weighted by Crippen LogP contribution is 2.23. The summed E-state index contributed by atoms with van der Waals surface area (Å²) in [6.07, 6.45) is 3.72. The van der Waals surface area contributed by atoms with Gasteiger partial charge in [0, 0.05) is 26.2 Å². The highest BCUT2D eigenvalue weighted by Gasteiger charge is 2.22. The lowest BCUT2D eigenvalue weighted by Gasteiger charge is -2.37. The van der Waals surface area contributed by atoms with Crippen LogP contribution < -0.4 is 4.90 Å². The van der Waals surface area contributed by atoms with E-state index in [-0.39, 0.29) is 30.6 Å². The number of hydrogen-bond acceptors (Lipinski definition) is 5. The number of anilines is 1. The maximum atomic E-state index is 11.2. The quantitative estimate of drug-likeness (QED) is 0.698. The molecular formula is C21H32Cl2N4O. The number of piperazine rings is 1. The van der Waals surface area contributed by atoms with Crippen molar-refractivity contribution in [3.63, 3.8) is 0 Å². The molecule has 7 heteroatoms. The van der Waals surface area contributed by atoms with Gasteiger partial charge in [-0.05, 0) is 63.9 Å². The van der Waals surface area contributed by atoms with Crippen molar-refractivity contribution in [2.75, 3.05) is 57.3 Å². The van der Waals surface area contributed by atoms with Gasteiger partial charge >= 0.3 is 0 Å². The number of para-hydroxylation sites is 1.